The second-order valence-electron chi connectivity index (χ2n) is 8.30. The summed E-state index contributed by atoms with van der Waals surface area (Å²) in [7, 11) is 0. The van der Waals surface area contributed by atoms with Gasteiger partial charge < -0.3 is 10.0 Å². The van der Waals surface area contributed by atoms with E-state index in [4.69, 9.17) is 21.6 Å². The predicted octanol–water partition coefficient (Wildman–Crippen LogP) is 3.18. The first-order valence-corrected chi connectivity index (χ1v) is 9.99. The molecule has 0 radical (unpaired) electrons. The highest BCUT2D eigenvalue weighted by Gasteiger charge is 2.30. The van der Waals surface area contributed by atoms with Crippen molar-refractivity contribution < 1.29 is 5.11 Å². The van der Waals surface area contributed by atoms with E-state index in [9.17, 15) is 5.11 Å². The Balaban J connectivity index is 1.86. The van der Waals surface area contributed by atoms with Crippen LogP contribution in [0.15, 0.2) is 24.3 Å². The number of halogens is 1. The van der Waals surface area contributed by atoms with Crippen molar-refractivity contribution in [1.29, 1.82) is 0 Å². The molecule has 1 aliphatic rings. The molecule has 0 unspecified atom stereocenters. The van der Waals surface area contributed by atoms with Gasteiger partial charge in [-0.05, 0) is 24.5 Å². The zero-order valence-electron chi connectivity index (χ0n) is 16.4. The van der Waals surface area contributed by atoms with Crippen molar-refractivity contribution in [2.24, 2.45) is 0 Å². The van der Waals surface area contributed by atoms with Crippen LogP contribution in [-0.4, -0.2) is 49.3 Å². The third-order valence-electron chi connectivity index (χ3n) is 5.15. The molecule has 0 saturated carbocycles. The van der Waals surface area contributed by atoms with Gasteiger partial charge in [-0.2, -0.15) is 0 Å². The second kappa shape index (κ2) is 7.29. The normalized spacial score (nSPS) is 17.6. The van der Waals surface area contributed by atoms with Gasteiger partial charge in [0.2, 0.25) is 0 Å². The molecule has 1 aromatic carbocycles. The van der Waals surface area contributed by atoms with E-state index in [2.05, 4.69) is 36.0 Å². The zero-order valence-corrected chi connectivity index (χ0v) is 17.2. The number of fused-ring (bicyclic) bond motifs is 1. The van der Waals surface area contributed by atoms with Crippen molar-refractivity contribution in [3.63, 3.8) is 0 Å². The average molecular weight is 401 g/mol. The maximum Gasteiger partial charge on any atom is 0.184 e. The van der Waals surface area contributed by atoms with Crippen LogP contribution in [0.1, 0.15) is 45.0 Å². The molecule has 1 atom stereocenters. The first kappa shape index (κ1) is 19.1. The number of aliphatic hydroxyl groups excluding tert-OH is 1. The van der Waals surface area contributed by atoms with Crippen LogP contribution in [0, 0.1) is 0 Å². The summed E-state index contributed by atoms with van der Waals surface area (Å²) in [5, 5.41) is 19.2. The molecule has 0 amide bonds. The van der Waals surface area contributed by atoms with Crippen molar-refractivity contribution in [3.8, 4) is 0 Å². The maximum absolute atomic E-state index is 9.79. The second-order valence-corrected chi connectivity index (χ2v) is 8.71. The summed E-state index contributed by atoms with van der Waals surface area (Å²) >= 11 is 6.34. The molecule has 1 N–H and O–H groups in total. The van der Waals surface area contributed by atoms with E-state index in [1.54, 1.807) is 4.68 Å². The molecule has 1 fully saturated rings. The van der Waals surface area contributed by atoms with Crippen molar-refractivity contribution in [1.82, 2.24) is 25.0 Å². The number of hydrogen-bond donors (Lipinski definition) is 1. The van der Waals surface area contributed by atoms with Gasteiger partial charge in [0, 0.05) is 17.0 Å². The lowest BCUT2D eigenvalue weighted by atomic mass is 9.95. The van der Waals surface area contributed by atoms with Crippen molar-refractivity contribution in [2.45, 2.75) is 51.6 Å². The Morgan fingerprint density at radius 1 is 1.21 bits per heavy atom. The first-order chi connectivity index (χ1) is 13.4. The standard InChI is InChI=1S/C20H25ClN6O/c1-20(2,3)19-22-17(26-10-6-8-14(26)12-28)16-18(23-19)27(25-24-16)11-13-7-4-5-9-15(13)21/h4-5,7,9,14,28H,6,8,10-12H2,1-3H3/t14-/m0/s1. The quantitative estimate of drug-likeness (QED) is 0.724. The molecule has 7 nitrogen and oxygen atoms in total. The lowest BCUT2D eigenvalue weighted by Crippen LogP contribution is -2.34. The molecule has 3 aromatic rings. The molecule has 1 saturated heterocycles. The van der Waals surface area contributed by atoms with Crippen LogP contribution in [0.4, 0.5) is 5.82 Å². The van der Waals surface area contributed by atoms with E-state index < -0.39 is 0 Å². The Morgan fingerprint density at radius 3 is 2.71 bits per heavy atom. The van der Waals surface area contributed by atoms with E-state index in [0.717, 1.165) is 36.6 Å². The van der Waals surface area contributed by atoms with Gasteiger partial charge in [0.05, 0.1) is 19.2 Å². The summed E-state index contributed by atoms with van der Waals surface area (Å²) in [5.74, 6) is 1.50. The van der Waals surface area contributed by atoms with Crippen LogP contribution >= 0.6 is 11.6 Å². The van der Waals surface area contributed by atoms with Crippen LogP contribution in [0.5, 0.6) is 0 Å². The number of anilines is 1. The molecule has 0 spiro atoms. The van der Waals surface area contributed by atoms with Gasteiger partial charge in [0.1, 0.15) is 5.82 Å². The van der Waals surface area contributed by atoms with Gasteiger partial charge in [-0.25, -0.2) is 14.6 Å². The molecule has 148 valence electrons. The Kier molecular flexibility index (Phi) is 4.97. The van der Waals surface area contributed by atoms with Gasteiger partial charge in [-0.1, -0.05) is 55.8 Å². The van der Waals surface area contributed by atoms with Gasteiger partial charge in [0.15, 0.2) is 17.0 Å². The van der Waals surface area contributed by atoms with E-state index in [1.165, 1.54) is 0 Å². The average Bonchev–Trinajstić information content (AvgIpc) is 3.29. The molecule has 0 aliphatic carbocycles. The minimum atomic E-state index is -0.225. The highest BCUT2D eigenvalue weighted by Crippen LogP contribution is 2.31. The van der Waals surface area contributed by atoms with E-state index in [-0.39, 0.29) is 18.1 Å². The minimum Gasteiger partial charge on any atom is -0.394 e. The summed E-state index contributed by atoms with van der Waals surface area (Å²) in [5.41, 5.74) is 2.10. The van der Waals surface area contributed by atoms with Crippen LogP contribution in [0.2, 0.25) is 5.02 Å². The van der Waals surface area contributed by atoms with Crippen molar-refractivity contribution >= 4 is 28.6 Å². The Labute approximate surface area is 169 Å². The first-order valence-electron chi connectivity index (χ1n) is 9.61. The van der Waals surface area contributed by atoms with Gasteiger partial charge in [-0.15, -0.1) is 5.10 Å². The molecule has 3 heterocycles. The summed E-state index contributed by atoms with van der Waals surface area (Å²) in [4.78, 5) is 11.8. The zero-order chi connectivity index (χ0) is 19.9. The third-order valence-corrected chi connectivity index (χ3v) is 5.52. The van der Waals surface area contributed by atoms with E-state index in [1.807, 2.05) is 24.3 Å². The molecular weight excluding hydrogens is 376 g/mol. The Hall–Kier alpha value is -2.25. The smallest absolute Gasteiger partial charge is 0.184 e. The molecule has 2 aromatic heterocycles. The summed E-state index contributed by atoms with van der Waals surface area (Å²) in [6, 6.07) is 7.76. The topological polar surface area (TPSA) is 80.0 Å². The summed E-state index contributed by atoms with van der Waals surface area (Å²) in [6.45, 7) is 7.71. The highest BCUT2D eigenvalue weighted by molar-refractivity contribution is 6.31. The molecule has 8 heteroatoms. The Morgan fingerprint density at radius 2 is 2.00 bits per heavy atom. The summed E-state index contributed by atoms with van der Waals surface area (Å²) < 4.78 is 1.78. The van der Waals surface area contributed by atoms with Gasteiger partial charge in [0.25, 0.3) is 0 Å². The number of aliphatic hydroxyl groups is 1. The monoisotopic (exact) mass is 400 g/mol. The number of rotatable bonds is 4. The van der Waals surface area contributed by atoms with Gasteiger partial charge in [-0.3, -0.25) is 0 Å². The fraction of sp³-hybridized carbons (Fsp3) is 0.500. The number of hydrogen-bond acceptors (Lipinski definition) is 6. The number of aromatic nitrogens is 5. The van der Waals surface area contributed by atoms with E-state index >= 15 is 0 Å². The van der Waals surface area contributed by atoms with Gasteiger partial charge >= 0.3 is 0 Å². The molecule has 4 rings (SSSR count). The molecular formula is C20H25ClN6O. The molecule has 1 aliphatic heterocycles. The van der Waals surface area contributed by atoms with Crippen LogP contribution in [0.25, 0.3) is 11.2 Å². The molecule has 0 bridgehead atoms. The SMILES string of the molecule is CC(C)(C)c1nc(N2CCC[C@H]2CO)c2nnn(Cc3ccccc3Cl)c2n1. The fourth-order valence-electron chi connectivity index (χ4n) is 3.58. The minimum absolute atomic E-state index is 0.0552. The Bertz CT molecular complexity index is 996. The number of benzene rings is 1. The predicted molar refractivity (Wildman–Crippen MR) is 110 cm³/mol. The maximum atomic E-state index is 9.79. The number of nitrogens with zero attached hydrogens (tertiary/aromatic N) is 6. The fourth-order valence-corrected chi connectivity index (χ4v) is 3.77. The van der Waals surface area contributed by atoms with Crippen LogP contribution in [-0.2, 0) is 12.0 Å². The third kappa shape index (κ3) is 3.44. The van der Waals surface area contributed by atoms with Crippen molar-refractivity contribution in [3.05, 3.63) is 40.7 Å². The summed E-state index contributed by atoms with van der Waals surface area (Å²) in [6.07, 6.45) is 1.97. The molecule has 28 heavy (non-hydrogen) atoms. The highest BCUT2D eigenvalue weighted by atomic mass is 35.5. The van der Waals surface area contributed by atoms with E-state index in [0.29, 0.717) is 22.7 Å². The lowest BCUT2D eigenvalue weighted by molar-refractivity contribution is 0.266. The largest absolute Gasteiger partial charge is 0.394 e. The van der Waals surface area contributed by atoms with Crippen LogP contribution < -0.4 is 4.90 Å². The lowest BCUT2D eigenvalue weighted by Gasteiger charge is -2.26. The van der Waals surface area contributed by atoms with Crippen molar-refractivity contribution in [2.75, 3.05) is 18.1 Å². The van der Waals surface area contributed by atoms with Crippen LogP contribution in [0.3, 0.4) is 0 Å².